The summed E-state index contributed by atoms with van der Waals surface area (Å²) in [7, 11) is -3.46. The molecule has 2 heterocycles. The zero-order chi connectivity index (χ0) is 18.0. The van der Waals surface area contributed by atoms with Crippen molar-refractivity contribution in [3.63, 3.8) is 0 Å². The van der Waals surface area contributed by atoms with Gasteiger partial charge in [-0.05, 0) is 43.0 Å². The summed E-state index contributed by atoms with van der Waals surface area (Å²) in [5, 5.41) is 0. The minimum absolute atomic E-state index is 0.191. The maximum absolute atomic E-state index is 13.0. The Morgan fingerprint density at radius 3 is 2.28 bits per heavy atom. The largest absolute Gasteiger partial charge is 0.336 e. The van der Waals surface area contributed by atoms with Gasteiger partial charge in [0.2, 0.25) is 0 Å². The Balaban J connectivity index is 1.61. The van der Waals surface area contributed by atoms with Crippen molar-refractivity contribution in [2.24, 2.45) is 5.92 Å². The number of amides is 1. The predicted molar refractivity (Wildman–Crippen MR) is 92.8 cm³/mol. The molecule has 2 saturated heterocycles. The second-order valence-corrected chi connectivity index (χ2v) is 8.74. The Morgan fingerprint density at radius 1 is 1.04 bits per heavy atom. The number of carbonyl (C=O) groups is 1. The molecule has 1 aromatic rings. The molecular weight excluding hydrogens is 345 g/mol. The normalized spacial score (nSPS) is 23.6. The van der Waals surface area contributed by atoms with Crippen LogP contribution in [0, 0.1) is 11.7 Å². The van der Waals surface area contributed by atoms with Gasteiger partial charge in [-0.2, -0.15) is 17.0 Å². The van der Waals surface area contributed by atoms with Crippen molar-refractivity contribution < 1.29 is 17.6 Å². The average Bonchev–Trinajstić information content (AvgIpc) is 2.62. The number of hydrogen-bond acceptors (Lipinski definition) is 3. The molecule has 2 aliphatic heterocycles. The molecule has 6 nitrogen and oxygen atoms in total. The second-order valence-electron chi connectivity index (χ2n) is 6.81. The third-order valence-corrected chi connectivity index (χ3v) is 6.89. The highest BCUT2D eigenvalue weighted by Crippen LogP contribution is 2.22. The molecule has 2 fully saturated rings. The molecule has 1 unspecified atom stereocenters. The molecule has 2 aliphatic rings. The zero-order valence-electron chi connectivity index (χ0n) is 14.4. The van der Waals surface area contributed by atoms with Crippen LogP contribution in [0.1, 0.15) is 30.1 Å². The van der Waals surface area contributed by atoms with Crippen LogP contribution >= 0.6 is 0 Å². The van der Waals surface area contributed by atoms with Crippen molar-refractivity contribution in [2.75, 3.05) is 39.3 Å². The summed E-state index contributed by atoms with van der Waals surface area (Å²) in [6, 6.07) is 5.42. The molecule has 8 heteroatoms. The van der Waals surface area contributed by atoms with Crippen LogP contribution in [0.4, 0.5) is 4.39 Å². The SMILES string of the molecule is CC1CCCN(S(=O)(=O)N2CCN(C(=O)c3ccc(F)cc3)CC2)C1. The van der Waals surface area contributed by atoms with Crippen LogP contribution in [-0.4, -0.2) is 67.1 Å². The lowest BCUT2D eigenvalue weighted by Gasteiger charge is -2.38. The fourth-order valence-corrected chi connectivity index (χ4v) is 5.17. The van der Waals surface area contributed by atoms with E-state index in [1.807, 2.05) is 0 Å². The number of nitrogens with zero attached hydrogens (tertiary/aromatic N) is 3. The molecule has 138 valence electrons. The first-order valence-corrected chi connectivity index (χ1v) is 10.1. The minimum atomic E-state index is -3.46. The quantitative estimate of drug-likeness (QED) is 0.812. The van der Waals surface area contributed by atoms with E-state index in [1.165, 1.54) is 28.6 Å². The Labute approximate surface area is 148 Å². The van der Waals surface area contributed by atoms with Gasteiger partial charge in [-0.15, -0.1) is 0 Å². The molecule has 0 N–H and O–H groups in total. The van der Waals surface area contributed by atoms with Gasteiger partial charge in [-0.25, -0.2) is 4.39 Å². The van der Waals surface area contributed by atoms with Gasteiger partial charge in [-0.1, -0.05) is 6.92 Å². The van der Waals surface area contributed by atoms with E-state index in [2.05, 4.69) is 6.92 Å². The smallest absolute Gasteiger partial charge is 0.282 e. The van der Waals surface area contributed by atoms with Crippen LogP contribution in [0.5, 0.6) is 0 Å². The van der Waals surface area contributed by atoms with Crippen molar-refractivity contribution in [1.29, 1.82) is 0 Å². The third-order valence-electron chi connectivity index (χ3n) is 4.89. The zero-order valence-corrected chi connectivity index (χ0v) is 15.2. The molecule has 1 atom stereocenters. The summed E-state index contributed by atoms with van der Waals surface area (Å²) in [5.41, 5.74) is 0.419. The van der Waals surface area contributed by atoms with Crippen molar-refractivity contribution >= 4 is 16.1 Å². The van der Waals surface area contributed by atoms with E-state index in [0.717, 1.165) is 12.8 Å². The summed E-state index contributed by atoms with van der Waals surface area (Å²) in [4.78, 5) is 14.1. The first-order chi connectivity index (χ1) is 11.9. The number of halogens is 1. The second kappa shape index (κ2) is 7.39. The summed E-state index contributed by atoms with van der Waals surface area (Å²) < 4.78 is 41.6. The summed E-state index contributed by atoms with van der Waals surface area (Å²) >= 11 is 0. The number of piperazine rings is 1. The van der Waals surface area contributed by atoms with Gasteiger partial charge in [0.1, 0.15) is 5.82 Å². The number of piperidine rings is 1. The number of benzene rings is 1. The molecule has 0 bridgehead atoms. The molecule has 0 radical (unpaired) electrons. The number of hydrogen-bond donors (Lipinski definition) is 0. The maximum atomic E-state index is 13.0. The van der Waals surface area contributed by atoms with E-state index < -0.39 is 10.2 Å². The standard InChI is InChI=1S/C17H24FN3O3S/c1-14-3-2-8-21(13-14)25(23,24)20-11-9-19(10-12-20)17(22)15-4-6-16(18)7-5-15/h4-7,14H,2-3,8-13H2,1H3. The Morgan fingerprint density at radius 2 is 1.68 bits per heavy atom. The Kier molecular flexibility index (Phi) is 5.41. The monoisotopic (exact) mass is 369 g/mol. The first-order valence-electron chi connectivity index (χ1n) is 8.68. The lowest BCUT2D eigenvalue weighted by molar-refractivity contribution is 0.0692. The van der Waals surface area contributed by atoms with Gasteiger partial charge in [0.05, 0.1) is 0 Å². The minimum Gasteiger partial charge on any atom is -0.336 e. The van der Waals surface area contributed by atoms with Crippen LogP contribution in [0.3, 0.4) is 0 Å². The summed E-state index contributed by atoms with van der Waals surface area (Å²) in [6.45, 7) is 4.48. The van der Waals surface area contributed by atoms with Gasteiger partial charge in [0, 0.05) is 44.8 Å². The van der Waals surface area contributed by atoms with Crippen molar-refractivity contribution in [3.05, 3.63) is 35.6 Å². The third kappa shape index (κ3) is 4.02. The molecule has 0 aliphatic carbocycles. The van der Waals surface area contributed by atoms with Crippen LogP contribution in [0.2, 0.25) is 0 Å². The molecule has 25 heavy (non-hydrogen) atoms. The van der Waals surface area contributed by atoms with Crippen molar-refractivity contribution in [1.82, 2.24) is 13.5 Å². The van der Waals surface area contributed by atoms with Crippen LogP contribution in [0.25, 0.3) is 0 Å². The molecule has 0 aromatic heterocycles. The highest BCUT2D eigenvalue weighted by atomic mass is 32.2. The van der Waals surface area contributed by atoms with Gasteiger partial charge < -0.3 is 4.90 Å². The maximum Gasteiger partial charge on any atom is 0.282 e. The topological polar surface area (TPSA) is 60.9 Å². The summed E-state index contributed by atoms with van der Waals surface area (Å²) in [6.07, 6.45) is 1.95. The highest BCUT2D eigenvalue weighted by molar-refractivity contribution is 7.86. The van der Waals surface area contributed by atoms with E-state index >= 15 is 0 Å². The average molecular weight is 369 g/mol. The highest BCUT2D eigenvalue weighted by Gasteiger charge is 2.35. The molecule has 0 saturated carbocycles. The molecular formula is C17H24FN3O3S. The predicted octanol–water partition coefficient (Wildman–Crippen LogP) is 1.56. The fourth-order valence-electron chi connectivity index (χ4n) is 3.42. The van der Waals surface area contributed by atoms with Crippen LogP contribution < -0.4 is 0 Å². The van der Waals surface area contributed by atoms with Crippen molar-refractivity contribution in [3.8, 4) is 0 Å². The molecule has 3 rings (SSSR count). The number of carbonyl (C=O) groups excluding carboxylic acids is 1. The van der Waals surface area contributed by atoms with E-state index in [4.69, 9.17) is 0 Å². The van der Waals surface area contributed by atoms with E-state index in [9.17, 15) is 17.6 Å². The number of rotatable bonds is 3. The van der Waals surface area contributed by atoms with Gasteiger partial charge in [0.25, 0.3) is 16.1 Å². The Bertz CT molecular complexity index is 715. The lowest BCUT2D eigenvalue weighted by Crippen LogP contribution is -2.55. The summed E-state index contributed by atoms with van der Waals surface area (Å²) in [5.74, 6) is -0.197. The van der Waals surface area contributed by atoms with Crippen LogP contribution in [-0.2, 0) is 10.2 Å². The van der Waals surface area contributed by atoms with E-state index in [1.54, 1.807) is 9.21 Å². The molecule has 1 amide bonds. The Hall–Kier alpha value is -1.51. The molecule has 1 aromatic carbocycles. The fraction of sp³-hybridized carbons (Fsp3) is 0.588. The van der Waals surface area contributed by atoms with Gasteiger partial charge in [-0.3, -0.25) is 4.79 Å². The van der Waals surface area contributed by atoms with Gasteiger partial charge >= 0.3 is 0 Å². The molecule has 0 spiro atoms. The first kappa shape index (κ1) is 18.3. The van der Waals surface area contributed by atoms with Crippen LogP contribution in [0.15, 0.2) is 24.3 Å². The van der Waals surface area contributed by atoms with E-state index in [-0.39, 0.29) is 11.7 Å². The lowest BCUT2D eigenvalue weighted by atomic mass is 10.0. The van der Waals surface area contributed by atoms with E-state index in [0.29, 0.717) is 50.7 Å². The van der Waals surface area contributed by atoms with Gasteiger partial charge in [0.15, 0.2) is 0 Å². The van der Waals surface area contributed by atoms with Crippen molar-refractivity contribution in [2.45, 2.75) is 19.8 Å².